The molecule has 2 N–H and O–H groups in total. The first-order valence-corrected chi connectivity index (χ1v) is 5.07. The van der Waals surface area contributed by atoms with Crippen LogP contribution in [0.15, 0.2) is 0 Å². The zero-order chi connectivity index (χ0) is 8.60. The molecule has 12 heavy (non-hydrogen) atoms. The fourth-order valence-electron chi connectivity index (χ4n) is 2.37. The number of nitrogens with two attached hydrogens (primary N) is 1. The van der Waals surface area contributed by atoms with Gasteiger partial charge in [0.15, 0.2) is 0 Å². The highest BCUT2D eigenvalue weighted by Gasteiger charge is 2.38. The summed E-state index contributed by atoms with van der Waals surface area (Å²) in [5.74, 6) is 2.02. The summed E-state index contributed by atoms with van der Waals surface area (Å²) in [4.78, 5) is 0. The molecule has 0 atom stereocenters. The number of methoxy groups -OCH3 is 1. The summed E-state index contributed by atoms with van der Waals surface area (Å²) in [6, 6.07) is 0. The third kappa shape index (κ3) is 1.64. The largest absolute Gasteiger partial charge is 0.364 e. The lowest BCUT2D eigenvalue weighted by Gasteiger charge is -2.35. The SMILES string of the molecule is COC1(N)CCC(C2CC2)CC1. The zero-order valence-corrected chi connectivity index (χ0v) is 7.88. The summed E-state index contributed by atoms with van der Waals surface area (Å²) in [7, 11) is 1.73. The Balaban J connectivity index is 1.83. The molecule has 2 heteroatoms. The molecule has 0 aromatic heterocycles. The van der Waals surface area contributed by atoms with Crippen molar-refractivity contribution in [1.82, 2.24) is 0 Å². The fourth-order valence-corrected chi connectivity index (χ4v) is 2.37. The Hall–Kier alpha value is -0.0800. The predicted molar refractivity (Wildman–Crippen MR) is 48.6 cm³/mol. The molecule has 0 aliphatic heterocycles. The summed E-state index contributed by atoms with van der Waals surface area (Å²) in [6.07, 6.45) is 7.63. The molecule has 0 bridgehead atoms. The molecule has 0 spiro atoms. The summed E-state index contributed by atoms with van der Waals surface area (Å²) in [5, 5.41) is 0. The van der Waals surface area contributed by atoms with Crippen LogP contribution in [0.4, 0.5) is 0 Å². The van der Waals surface area contributed by atoms with Crippen LogP contribution in [-0.2, 0) is 4.74 Å². The maximum atomic E-state index is 6.02. The van der Waals surface area contributed by atoms with Crippen LogP contribution < -0.4 is 5.73 Å². The molecule has 2 fully saturated rings. The Bertz CT molecular complexity index is 157. The van der Waals surface area contributed by atoms with Gasteiger partial charge < -0.3 is 10.5 Å². The minimum absolute atomic E-state index is 0.286. The minimum atomic E-state index is -0.286. The van der Waals surface area contributed by atoms with Gasteiger partial charge in [-0.1, -0.05) is 0 Å². The van der Waals surface area contributed by atoms with Gasteiger partial charge in [-0.05, 0) is 50.4 Å². The lowest BCUT2D eigenvalue weighted by molar-refractivity contribution is -0.0459. The average Bonchev–Trinajstić information content (AvgIpc) is 2.89. The van der Waals surface area contributed by atoms with Crippen LogP contribution in [0, 0.1) is 11.8 Å². The maximum Gasteiger partial charge on any atom is 0.116 e. The quantitative estimate of drug-likeness (QED) is 0.641. The van der Waals surface area contributed by atoms with Crippen molar-refractivity contribution >= 4 is 0 Å². The smallest absolute Gasteiger partial charge is 0.116 e. The van der Waals surface area contributed by atoms with E-state index >= 15 is 0 Å². The van der Waals surface area contributed by atoms with Crippen molar-refractivity contribution in [2.45, 2.75) is 44.2 Å². The van der Waals surface area contributed by atoms with Crippen molar-refractivity contribution in [1.29, 1.82) is 0 Å². The van der Waals surface area contributed by atoms with Gasteiger partial charge in [0.25, 0.3) is 0 Å². The molecule has 2 aliphatic rings. The standard InChI is InChI=1S/C10H19NO/c1-12-10(11)6-4-9(5-7-10)8-2-3-8/h8-9H,2-7,11H2,1H3. The molecule has 70 valence electrons. The van der Waals surface area contributed by atoms with Crippen molar-refractivity contribution in [2.75, 3.05) is 7.11 Å². The van der Waals surface area contributed by atoms with Gasteiger partial charge in [-0.3, -0.25) is 0 Å². The molecule has 0 aromatic carbocycles. The van der Waals surface area contributed by atoms with Crippen LogP contribution in [0.3, 0.4) is 0 Å². The van der Waals surface area contributed by atoms with Crippen molar-refractivity contribution in [3.8, 4) is 0 Å². The zero-order valence-electron chi connectivity index (χ0n) is 7.88. The third-order valence-electron chi connectivity index (χ3n) is 3.57. The molecule has 0 saturated heterocycles. The first-order chi connectivity index (χ1) is 5.73. The lowest BCUT2D eigenvalue weighted by atomic mass is 9.81. The molecule has 0 aromatic rings. The number of hydrogen-bond donors (Lipinski definition) is 1. The van der Waals surface area contributed by atoms with Crippen molar-refractivity contribution in [3.63, 3.8) is 0 Å². The van der Waals surface area contributed by atoms with E-state index in [4.69, 9.17) is 10.5 Å². The average molecular weight is 169 g/mol. The predicted octanol–water partition coefficient (Wildman–Crippen LogP) is 1.89. The summed E-state index contributed by atoms with van der Waals surface area (Å²) < 4.78 is 5.30. The highest BCUT2D eigenvalue weighted by molar-refractivity contribution is 4.89. The van der Waals surface area contributed by atoms with Gasteiger partial charge in [-0.15, -0.1) is 0 Å². The Morgan fingerprint density at radius 1 is 1.08 bits per heavy atom. The van der Waals surface area contributed by atoms with Gasteiger partial charge in [0.1, 0.15) is 5.72 Å². The Morgan fingerprint density at radius 2 is 1.58 bits per heavy atom. The van der Waals surface area contributed by atoms with Gasteiger partial charge in [0.2, 0.25) is 0 Å². The Morgan fingerprint density at radius 3 is 2.00 bits per heavy atom. The molecule has 2 aliphatic carbocycles. The Kier molecular flexibility index (Phi) is 2.13. The molecular formula is C10H19NO. The second-order valence-electron chi connectivity index (χ2n) is 4.44. The first-order valence-electron chi connectivity index (χ1n) is 5.07. The Labute approximate surface area is 74.5 Å². The molecule has 0 amide bonds. The van der Waals surface area contributed by atoms with E-state index in [9.17, 15) is 0 Å². The van der Waals surface area contributed by atoms with Gasteiger partial charge in [0.05, 0.1) is 0 Å². The van der Waals surface area contributed by atoms with Gasteiger partial charge in [0, 0.05) is 7.11 Å². The van der Waals surface area contributed by atoms with Crippen LogP contribution in [0.2, 0.25) is 0 Å². The van der Waals surface area contributed by atoms with Gasteiger partial charge in [-0.25, -0.2) is 0 Å². The molecule has 2 saturated carbocycles. The van der Waals surface area contributed by atoms with E-state index in [0.717, 1.165) is 24.7 Å². The second-order valence-corrected chi connectivity index (χ2v) is 4.44. The highest BCUT2D eigenvalue weighted by Crippen LogP contribution is 2.45. The first kappa shape index (κ1) is 8.52. The van der Waals surface area contributed by atoms with Gasteiger partial charge >= 0.3 is 0 Å². The van der Waals surface area contributed by atoms with E-state index in [2.05, 4.69) is 0 Å². The number of ether oxygens (including phenoxy) is 1. The van der Waals surface area contributed by atoms with Crippen LogP contribution >= 0.6 is 0 Å². The molecule has 2 nitrogen and oxygen atoms in total. The fraction of sp³-hybridized carbons (Fsp3) is 1.00. The van der Waals surface area contributed by atoms with E-state index in [1.165, 1.54) is 25.7 Å². The normalized spacial score (nSPS) is 43.0. The molecule has 2 rings (SSSR count). The van der Waals surface area contributed by atoms with E-state index < -0.39 is 0 Å². The maximum absolute atomic E-state index is 6.02. The van der Waals surface area contributed by atoms with Crippen LogP contribution in [0.25, 0.3) is 0 Å². The monoisotopic (exact) mass is 169 g/mol. The van der Waals surface area contributed by atoms with Crippen LogP contribution in [0.5, 0.6) is 0 Å². The van der Waals surface area contributed by atoms with Crippen molar-refractivity contribution < 1.29 is 4.74 Å². The minimum Gasteiger partial charge on any atom is -0.364 e. The van der Waals surface area contributed by atoms with E-state index in [-0.39, 0.29) is 5.72 Å². The van der Waals surface area contributed by atoms with Crippen molar-refractivity contribution in [2.24, 2.45) is 17.6 Å². The molecular weight excluding hydrogens is 150 g/mol. The topological polar surface area (TPSA) is 35.2 Å². The highest BCUT2D eigenvalue weighted by atomic mass is 16.5. The summed E-state index contributed by atoms with van der Waals surface area (Å²) >= 11 is 0. The molecule has 0 radical (unpaired) electrons. The third-order valence-corrected chi connectivity index (χ3v) is 3.57. The number of hydrogen-bond acceptors (Lipinski definition) is 2. The van der Waals surface area contributed by atoms with E-state index in [1.807, 2.05) is 0 Å². The molecule has 0 unspecified atom stereocenters. The second kappa shape index (κ2) is 3.00. The summed E-state index contributed by atoms with van der Waals surface area (Å²) in [6.45, 7) is 0. The van der Waals surface area contributed by atoms with Crippen LogP contribution in [0.1, 0.15) is 38.5 Å². The van der Waals surface area contributed by atoms with Crippen molar-refractivity contribution in [3.05, 3.63) is 0 Å². The number of rotatable bonds is 2. The van der Waals surface area contributed by atoms with E-state index in [1.54, 1.807) is 7.11 Å². The van der Waals surface area contributed by atoms with Gasteiger partial charge in [-0.2, -0.15) is 0 Å². The lowest BCUT2D eigenvalue weighted by Crippen LogP contribution is -2.45. The van der Waals surface area contributed by atoms with E-state index in [0.29, 0.717) is 0 Å². The molecule has 0 heterocycles. The van der Waals surface area contributed by atoms with Crippen LogP contribution in [-0.4, -0.2) is 12.8 Å². The summed E-state index contributed by atoms with van der Waals surface area (Å²) in [5.41, 5.74) is 5.73.